The van der Waals surface area contributed by atoms with Gasteiger partial charge in [0.05, 0.1) is 6.04 Å². The van der Waals surface area contributed by atoms with Gasteiger partial charge in [-0.25, -0.2) is 8.78 Å². The summed E-state index contributed by atoms with van der Waals surface area (Å²) in [6, 6.07) is 10.1. The molecule has 1 unspecified atom stereocenters. The molecule has 1 aliphatic heterocycles. The standard InChI is InChI=1S/C18H17ClF2N2O2/c19-14-4-2-1-3-13(14)16-10-22-7-8-23(16)18(24)11-25-17-6-5-12(20)9-15(17)21/h1-6,9,16,22H,7-8,10-11H2. The number of carbonyl (C=O) groups excluding carboxylic acids is 1. The van der Waals surface area contributed by atoms with Crippen molar-refractivity contribution in [3.63, 3.8) is 0 Å². The Morgan fingerprint density at radius 3 is 2.84 bits per heavy atom. The summed E-state index contributed by atoms with van der Waals surface area (Å²) in [7, 11) is 0. The highest BCUT2D eigenvalue weighted by Gasteiger charge is 2.29. The number of piperazine rings is 1. The molecule has 0 spiro atoms. The predicted octanol–water partition coefficient (Wildman–Crippen LogP) is 3.17. The third-order valence-electron chi connectivity index (χ3n) is 4.07. The van der Waals surface area contributed by atoms with Crippen LogP contribution in [0.2, 0.25) is 5.02 Å². The minimum atomic E-state index is -0.837. The number of amides is 1. The monoisotopic (exact) mass is 366 g/mol. The quantitative estimate of drug-likeness (QED) is 0.903. The largest absolute Gasteiger partial charge is 0.481 e. The molecule has 1 fully saturated rings. The Morgan fingerprint density at radius 2 is 2.08 bits per heavy atom. The number of rotatable bonds is 4. The molecule has 2 aromatic carbocycles. The molecule has 1 heterocycles. The molecule has 1 atom stereocenters. The number of ether oxygens (including phenoxy) is 1. The van der Waals surface area contributed by atoms with Gasteiger partial charge in [-0.15, -0.1) is 0 Å². The second kappa shape index (κ2) is 7.80. The molecule has 3 rings (SSSR count). The van der Waals surface area contributed by atoms with Crippen LogP contribution in [0.5, 0.6) is 5.75 Å². The van der Waals surface area contributed by atoms with E-state index in [1.807, 2.05) is 18.2 Å². The molecule has 1 saturated heterocycles. The maximum atomic E-state index is 13.6. The molecule has 1 aliphatic rings. The Morgan fingerprint density at radius 1 is 1.28 bits per heavy atom. The second-order valence-corrected chi connectivity index (χ2v) is 6.10. The van der Waals surface area contributed by atoms with E-state index in [4.69, 9.17) is 16.3 Å². The molecule has 1 N–H and O–H groups in total. The van der Waals surface area contributed by atoms with Gasteiger partial charge in [0.2, 0.25) is 0 Å². The van der Waals surface area contributed by atoms with Crippen molar-refractivity contribution in [3.05, 3.63) is 64.7 Å². The van der Waals surface area contributed by atoms with Crippen molar-refractivity contribution < 1.29 is 18.3 Å². The van der Waals surface area contributed by atoms with Crippen LogP contribution >= 0.6 is 11.6 Å². The Balaban J connectivity index is 1.72. The van der Waals surface area contributed by atoms with Crippen LogP contribution in [0.25, 0.3) is 0 Å². The van der Waals surface area contributed by atoms with Gasteiger partial charge in [-0.05, 0) is 23.8 Å². The fourth-order valence-electron chi connectivity index (χ4n) is 2.84. The van der Waals surface area contributed by atoms with E-state index in [9.17, 15) is 13.6 Å². The van der Waals surface area contributed by atoms with E-state index in [1.54, 1.807) is 11.0 Å². The number of benzene rings is 2. The van der Waals surface area contributed by atoms with E-state index in [2.05, 4.69) is 5.32 Å². The summed E-state index contributed by atoms with van der Waals surface area (Å²) in [5.74, 6) is -1.97. The van der Waals surface area contributed by atoms with Gasteiger partial charge in [0.25, 0.3) is 5.91 Å². The van der Waals surface area contributed by atoms with Crippen molar-refractivity contribution in [2.75, 3.05) is 26.2 Å². The van der Waals surface area contributed by atoms with Gasteiger partial charge in [-0.1, -0.05) is 29.8 Å². The van der Waals surface area contributed by atoms with Crippen LogP contribution in [0.15, 0.2) is 42.5 Å². The first-order valence-electron chi connectivity index (χ1n) is 7.88. The topological polar surface area (TPSA) is 41.6 Å². The first-order chi connectivity index (χ1) is 12.1. The van der Waals surface area contributed by atoms with E-state index < -0.39 is 11.6 Å². The van der Waals surface area contributed by atoms with E-state index in [0.717, 1.165) is 17.7 Å². The number of nitrogens with one attached hydrogen (secondary N) is 1. The van der Waals surface area contributed by atoms with E-state index in [1.165, 1.54) is 6.07 Å². The Hall–Kier alpha value is -2.18. The number of nitrogens with zero attached hydrogens (tertiary/aromatic N) is 1. The summed E-state index contributed by atoms with van der Waals surface area (Å²) in [5.41, 5.74) is 0.845. The lowest BCUT2D eigenvalue weighted by molar-refractivity contribution is -0.136. The third-order valence-corrected chi connectivity index (χ3v) is 4.42. The fourth-order valence-corrected chi connectivity index (χ4v) is 3.10. The van der Waals surface area contributed by atoms with Gasteiger partial charge in [-0.2, -0.15) is 0 Å². The van der Waals surface area contributed by atoms with Crippen LogP contribution in [-0.2, 0) is 4.79 Å². The summed E-state index contributed by atoms with van der Waals surface area (Å²) >= 11 is 6.25. The first kappa shape index (κ1) is 17.6. The summed E-state index contributed by atoms with van der Waals surface area (Å²) in [6.07, 6.45) is 0. The lowest BCUT2D eigenvalue weighted by atomic mass is 10.0. The van der Waals surface area contributed by atoms with Crippen LogP contribution in [0.3, 0.4) is 0 Å². The highest BCUT2D eigenvalue weighted by atomic mass is 35.5. The van der Waals surface area contributed by atoms with Gasteiger partial charge in [0.15, 0.2) is 18.2 Å². The van der Waals surface area contributed by atoms with Crippen LogP contribution in [0.4, 0.5) is 8.78 Å². The maximum absolute atomic E-state index is 13.6. The molecule has 1 amide bonds. The van der Waals surface area contributed by atoms with Crippen molar-refractivity contribution in [1.82, 2.24) is 10.2 Å². The van der Waals surface area contributed by atoms with E-state index in [0.29, 0.717) is 24.7 Å². The molecule has 0 bridgehead atoms. The van der Waals surface area contributed by atoms with Crippen LogP contribution < -0.4 is 10.1 Å². The number of carbonyl (C=O) groups is 1. The normalized spacial score (nSPS) is 17.4. The van der Waals surface area contributed by atoms with Crippen molar-refractivity contribution in [3.8, 4) is 5.75 Å². The fraction of sp³-hybridized carbons (Fsp3) is 0.278. The zero-order valence-corrected chi connectivity index (χ0v) is 14.1. The van der Waals surface area contributed by atoms with Gasteiger partial charge in [-0.3, -0.25) is 4.79 Å². The average molecular weight is 367 g/mol. The summed E-state index contributed by atoms with van der Waals surface area (Å²) < 4.78 is 31.8. The minimum Gasteiger partial charge on any atom is -0.481 e. The van der Waals surface area contributed by atoms with Gasteiger partial charge in [0.1, 0.15) is 5.82 Å². The summed E-state index contributed by atoms with van der Waals surface area (Å²) in [4.78, 5) is 14.2. The molecular weight excluding hydrogens is 350 g/mol. The lowest BCUT2D eigenvalue weighted by Gasteiger charge is -2.36. The first-order valence-corrected chi connectivity index (χ1v) is 8.26. The Kier molecular flexibility index (Phi) is 5.50. The van der Waals surface area contributed by atoms with Gasteiger partial charge in [0, 0.05) is 30.7 Å². The Labute approximate surface area is 149 Å². The van der Waals surface area contributed by atoms with Crippen LogP contribution in [0.1, 0.15) is 11.6 Å². The maximum Gasteiger partial charge on any atom is 0.261 e. The Bertz CT molecular complexity index is 772. The molecule has 2 aromatic rings. The summed E-state index contributed by atoms with van der Waals surface area (Å²) in [6.45, 7) is 1.38. The third kappa shape index (κ3) is 4.08. The number of hydrogen-bond acceptors (Lipinski definition) is 3. The summed E-state index contributed by atoms with van der Waals surface area (Å²) in [5, 5.41) is 3.82. The molecule has 0 saturated carbocycles. The van der Waals surface area contributed by atoms with E-state index in [-0.39, 0.29) is 24.3 Å². The zero-order chi connectivity index (χ0) is 17.8. The van der Waals surface area contributed by atoms with Crippen molar-refractivity contribution >= 4 is 17.5 Å². The second-order valence-electron chi connectivity index (χ2n) is 5.69. The van der Waals surface area contributed by atoms with Crippen LogP contribution in [-0.4, -0.2) is 37.0 Å². The van der Waals surface area contributed by atoms with Crippen molar-refractivity contribution in [2.24, 2.45) is 0 Å². The number of halogens is 3. The van der Waals surface area contributed by atoms with Gasteiger partial charge >= 0.3 is 0 Å². The smallest absolute Gasteiger partial charge is 0.261 e. The number of hydrogen-bond donors (Lipinski definition) is 1. The molecule has 7 heteroatoms. The molecule has 25 heavy (non-hydrogen) atoms. The van der Waals surface area contributed by atoms with Crippen molar-refractivity contribution in [1.29, 1.82) is 0 Å². The van der Waals surface area contributed by atoms with E-state index >= 15 is 0 Å². The molecule has 4 nitrogen and oxygen atoms in total. The molecule has 132 valence electrons. The predicted molar refractivity (Wildman–Crippen MR) is 90.6 cm³/mol. The SMILES string of the molecule is O=C(COc1ccc(F)cc1F)N1CCNCC1c1ccccc1Cl. The molecule has 0 aromatic heterocycles. The molecule has 0 radical (unpaired) electrons. The molecule has 0 aliphatic carbocycles. The minimum absolute atomic E-state index is 0.154. The average Bonchev–Trinajstić information content (AvgIpc) is 2.61. The lowest BCUT2D eigenvalue weighted by Crippen LogP contribution is -2.50. The highest BCUT2D eigenvalue weighted by Crippen LogP contribution is 2.28. The van der Waals surface area contributed by atoms with Crippen LogP contribution in [0, 0.1) is 11.6 Å². The van der Waals surface area contributed by atoms with Gasteiger partial charge < -0.3 is 15.0 Å². The zero-order valence-electron chi connectivity index (χ0n) is 13.3. The highest BCUT2D eigenvalue weighted by molar-refractivity contribution is 6.31. The van der Waals surface area contributed by atoms with Crippen molar-refractivity contribution in [2.45, 2.75) is 6.04 Å². The molecular formula is C18H17ClF2N2O2.